The molecule has 0 unspecified atom stereocenters. The molecule has 1 aliphatic heterocycles. The lowest BCUT2D eigenvalue weighted by Gasteiger charge is -2.26. The van der Waals surface area contributed by atoms with Crippen LogP contribution >= 0.6 is 11.8 Å². The van der Waals surface area contributed by atoms with E-state index in [0.29, 0.717) is 24.2 Å². The number of ketones is 1. The van der Waals surface area contributed by atoms with E-state index in [1.54, 1.807) is 11.8 Å². The number of aromatic carboxylic acids is 1. The molecule has 11 nitrogen and oxygen atoms in total. The van der Waals surface area contributed by atoms with Crippen LogP contribution in [-0.4, -0.2) is 72.8 Å². The molecule has 4 rings (SSSR count). The van der Waals surface area contributed by atoms with E-state index in [1.165, 1.54) is 30.3 Å². The van der Waals surface area contributed by atoms with Gasteiger partial charge >= 0.3 is 11.9 Å². The van der Waals surface area contributed by atoms with Crippen molar-refractivity contribution in [1.82, 2.24) is 5.32 Å². The number of carbonyl (C=O) groups excluding carboxylic acids is 3. The van der Waals surface area contributed by atoms with Crippen LogP contribution in [0.4, 0.5) is 0 Å². The fourth-order valence-corrected chi connectivity index (χ4v) is 5.38. The largest absolute Gasteiger partial charge is 0.508 e. The first-order valence-corrected chi connectivity index (χ1v) is 13.3. The van der Waals surface area contributed by atoms with Gasteiger partial charge in [-0.3, -0.25) is 9.59 Å². The molecule has 40 heavy (non-hydrogen) atoms. The molecule has 1 fully saturated rings. The Balaban J connectivity index is 1.55. The fraction of sp³-hybridized carbons (Fsp3) is 0.214. The van der Waals surface area contributed by atoms with Crippen LogP contribution in [0.25, 0.3) is 0 Å². The van der Waals surface area contributed by atoms with E-state index < -0.39 is 69.7 Å². The molecule has 0 radical (unpaired) electrons. The zero-order valence-corrected chi connectivity index (χ0v) is 21.7. The van der Waals surface area contributed by atoms with Crippen molar-refractivity contribution in [3.63, 3.8) is 0 Å². The highest BCUT2D eigenvalue weighted by atomic mass is 32.2. The minimum absolute atomic E-state index is 0.00972. The number of amides is 1. The van der Waals surface area contributed by atoms with Gasteiger partial charge in [0, 0.05) is 11.3 Å². The third-order valence-corrected chi connectivity index (χ3v) is 7.46. The van der Waals surface area contributed by atoms with Crippen molar-refractivity contribution in [2.75, 3.05) is 11.5 Å². The number of phenolic OH excluding ortho intramolecular Hbond substituents is 4. The van der Waals surface area contributed by atoms with Crippen LogP contribution in [0.2, 0.25) is 0 Å². The van der Waals surface area contributed by atoms with Crippen molar-refractivity contribution in [2.45, 2.75) is 25.0 Å². The first-order valence-electron chi connectivity index (χ1n) is 12.1. The predicted molar refractivity (Wildman–Crippen MR) is 143 cm³/mol. The monoisotopic (exact) mass is 567 g/mol. The highest BCUT2D eigenvalue weighted by Crippen LogP contribution is 2.35. The van der Waals surface area contributed by atoms with Crippen molar-refractivity contribution < 1.29 is 49.4 Å². The summed E-state index contributed by atoms with van der Waals surface area (Å²) in [5.41, 5.74) is -1.87. The number of thioether (sulfide) groups is 1. The van der Waals surface area contributed by atoms with Gasteiger partial charge in [0.25, 0.3) is 5.91 Å². The van der Waals surface area contributed by atoms with E-state index in [1.807, 2.05) is 0 Å². The number of hydrogen-bond acceptors (Lipinski definition) is 10. The molecule has 1 saturated heterocycles. The molecular formula is C28H25NO10S. The van der Waals surface area contributed by atoms with E-state index >= 15 is 0 Å². The number of benzene rings is 3. The van der Waals surface area contributed by atoms with Crippen molar-refractivity contribution in [3.8, 4) is 23.0 Å². The minimum atomic E-state index is -1.51. The summed E-state index contributed by atoms with van der Waals surface area (Å²) in [5, 5.41) is 52.9. The van der Waals surface area contributed by atoms with Crippen LogP contribution in [0.1, 0.15) is 59.8 Å². The van der Waals surface area contributed by atoms with Gasteiger partial charge in [-0.15, -0.1) is 0 Å². The second-order valence-corrected chi connectivity index (χ2v) is 10.2. The highest BCUT2D eigenvalue weighted by molar-refractivity contribution is 7.99. The lowest BCUT2D eigenvalue weighted by molar-refractivity contribution is 0.0198. The smallest absolute Gasteiger partial charge is 0.338 e. The maximum atomic E-state index is 13.0. The number of phenols is 4. The molecule has 2 atom stereocenters. The predicted octanol–water partition coefficient (Wildman–Crippen LogP) is 3.29. The Labute approximate surface area is 232 Å². The van der Waals surface area contributed by atoms with Crippen LogP contribution in [0.3, 0.4) is 0 Å². The van der Waals surface area contributed by atoms with E-state index in [9.17, 15) is 44.7 Å². The maximum absolute atomic E-state index is 13.0. The molecular weight excluding hydrogens is 542 g/mol. The topological polar surface area (TPSA) is 191 Å². The van der Waals surface area contributed by atoms with E-state index in [-0.39, 0.29) is 11.3 Å². The van der Waals surface area contributed by atoms with E-state index in [0.717, 1.165) is 30.0 Å². The van der Waals surface area contributed by atoms with E-state index in [4.69, 9.17) is 4.74 Å². The summed E-state index contributed by atoms with van der Waals surface area (Å²) in [5.74, 6) is -5.10. The van der Waals surface area contributed by atoms with Crippen molar-refractivity contribution in [2.24, 2.45) is 0 Å². The third kappa shape index (κ3) is 6.12. The van der Waals surface area contributed by atoms with Gasteiger partial charge in [-0.05, 0) is 67.1 Å². The Kier molecular flexibility index (Phi) is 8.49. The van der Waals surface area contributed by atoms with Crippen molar-refractivity contribution >= 4 is 35.4 Å². The number of carboxylic acids is 1. The maximum Gasteiger partial charge on any atom is 0.338 e. The minimum Gasteiger partial charge on any atom is -0.508 e. The molecule has 1 heterocycles. The molecule has 12 heteroatoms. The lowest BCUT2D eigenvalue weighted by atomic mass is 9.95. The number of esters is 1. The number of rotatable bonds is 7. The number of carbonyl (C=O) groups is 4. The summed E-state index contributed by atoms with van der Waals surface area (Å²) in [7, 11) is 0. The molecule has 208 valence electrons. The van der Waals surface area contributed by atoms with Crippen LogP contribution in [-0.2, 0) is 4.74 Å². The summed E-state index contributed by atoms with van der Waals surface area (Å²) in [6, 6.07) is 10.3. The fourth-order valence-electron chi connectivity index (χ4n) is 4.30. The second-order valence-electron chi connectivity index (χ2n) is 9.01. The number of nitrogens with one attached hydrogen (secondary N) is 1. The Bertz CT molecular complexity index is 1450. The number of ether oxygens (including phenoxy) is 1. The molecule has 1 amide bonds. The summed E-state index contributed by atoms with van der Waals surface area (Å²) in [6.07, 6.45) is 0.387. The van der Waals surface area contributed by atoms with Gasteiger partial charge in [0.05, 0.1) is 22.7 Å². The Morgan fingerprint density at radius 2 is 1.52 bits per heavy atom. The normalized spacial score (nSPS) is 16.9. The van der Waals surface area contributed by atoms with Gasteiger partial charge < -0.3 is 35.6 Å². The molecule has 3 aromatic carbocycles. The molecule has 6 N–H and O–H groups in total. The molecule has 0 aromatic heterocycles. The summed E-state index contributed by atoms with van der Waals surface area (Å²) in [6.45, 7) is 0. The van der Waals surface area contributed by atoms with Gasteiger partial charge in [0.15, 0.2) is 0 Å². The molecule has 1 aliphatic rings. The average molecular weight is 568 g/mol. The number of hydrogen-bond donors (Lipinski definition) is 6. The van der Waals surface area contributed by atoms with E-state index in [2.05, 4.69) is 5.32 Å². The molecule has 0 bridgehead atoms. The van der Waals surface area contributed by atoms with Crippen LogP contribution in [0.5, 0.6) is 23.0 Å². The standard InChI is InChI=1S/C28H25NO10S/c30-16-8-6-14(7-9-16)26(35)29-18-13-40-10-2-5-22(18)39-28(38)15-11-20(32)24(21(33)12-15)25(34)23-17(27(36)37)3-1-4-19(23)31/h1,3-4,6-9,11-12,18,22,30-33H,2,5,10,13H2,(H,29,35)(H,36,37)/t18-,22-/m0/s1. The van der Waals surface area contributed by atoms with Crippen LogP contribution in [0, 0.1) is 0 Å². The second kappa shape index (κ2) is 12.0. The first kappa shape index (κ1) is 28.3. The van der Waals surface area contributed by atoms with Gasteiger partial charge in [-0.25, -0.2) is 9.59 Å². The zero-order chi connectivity index (χ0) is 29.0. The molecule has 0 spiro atoms. The molecule has 0 saturated carbocycles. The van der Waals surface area contributed by atoms with Crippen LogP contribution in [0.15, 0.2) is 54.6 Å². The lowest BCUT2D eigenvalue weighted by Crippen LogP contribution is -2.46. The average Bonchev–Trinajstić information content (AvgIpc) is 3.12. The third-order valence-electron chi connectivity index (χ3n) is 6.29. The van der Waals surface area contributed by atoms with Gasteiger partial charge in [-0.1, -0.05) is 6.07 Å². The van der Waals surface area contributed by atoms with Gasteiger partial charge in [0.2, 0.25) is 5.78 Å². The summed E-state index contributed by atoms with van der Waals surface area (Å²) >= 11 is 1.58. The SMILES string of the molecule is O=C(N[C@H]1CSCCC[C@@H]1OC(=O)c1cc(O)c(C(=O)c2c(O)cccc2C(=O)O)c(O)c1)c1ccc(O)cc1. The summed E-state index contributed by atoms with van der Waals surface area (Å²) in [4.78, 5) is 50.3. The first-order chi connectivity index (χ1) is 19.1. The quantitative estimate of drug-likeness (QED) is 0.181. The zero-order valence-electron chi connectivity index (χ0n) is 20.9. The molecule has 3 aromatic rings. The van der Waals surface area contributed by atoms with Crippen molar-refractivity contribution in [3.05, 3.63) is 82.4 Å². The highest BCUT2D eigenvalue weighted by Gasteiger charge is 2.31. The van der Waals surface area contributed by atoms with Crippen LogP contribution < -0.4 is 5.32 Å². The van der Waals surface area contributed by atoms with Gasteiger partial charge in [-0.2, -0.15) is 11.8 Å². The Morgan fingerprint density at radius 3 is 2.17 bits per heavy atom. The Hall–Kier alpha value is -4.71. The van der Waals surface area contributed by atoms with Crippen molar-refractivity contribution in [1.29, 1.82) is 0 Å². The number of carboxylic acid groups (broad SMARTS) is 1. The molecule has 0 aliphatic carbocycles. The summed E-state index contributed by atoms with van der Waals surface area (Å²) < 4.78 is 5.66. The van der Waals surface area contributed by atoms with Gasteiger partial charge in [0.1, 0.15) is 34.7 Å². The number of aromatic hydroxyl groups is 4. The Morgan fingerprint density at radius 1 is 0.850 bits per heavy atom.